The fourth-order valence-electron chi connectivity index (χ4n) is 3.58. The van der Waals surface area contributed by atoms with Crippen molar-refractivity contribution >= 4 is 0 Å². The molecule has 2 N–H and O–H groups in total. The molecule has 2 fully saturated rings. The summed E-state index contributed by atoms with van der Waals surface area (Å²) in [6.45, 7) is 4.74. The molecule has 0 heterocycles. The fourth-order valence-corrected chi connectivity index (χ4v) is 3.58. The third-order valence-electron chi connectivity index (χ3n) is 4.96. The van der Waals surface area contributed by atoms with Gasteiger partial charge in [0.1, 0.15) is 0 Å². The normalized spacial score (nSPS) is 36.2. The van der Waals surface area contributed by atoms with Gasteiger partial charge in [-0.2, -0.15) is 0 Å². The highest BCUT2D eigenvalue weighted by Crippen LogP contribution is 2.43. The maximum atomic E-state index is 6.50. The van der Waals surface area contributed by atoms with Crippen LogP contribution >= 0.6 is 0 Å². The first kappa shape index (κ1) is 11.4. The smallest absolute Gasteiger partial charge is 0.00982 e. The Kier molecular flexibility index (Phi) is 3.71. The molecule has 0 saturated heterocycles. The zero-order valence-corrected chi connectivity index (χ0v) is 10.4. The van der Waals surface area contributed by atoms with Crippen LogP contribution in [0.4, 0.5) is 0 Å². The first-order valence-electron chi connectivity index (χ1n) is 6.99. The summed E-state index contributed by atoms with van der Waals surface area (Å²) in [6, 6.07) is 0.489. The van der Waals surface area contributed by atoms with Gasteiger partial charge in [-0.25, -0.2) is 0 Å². The molecule has 4 unspecified atom stereocenters. The van der Waals surface area contributed by atoms with Crippen LogP contribution in [0.5, 0.6) is 0 Å². The molecule has 1 heteroatoms. The van der Waals surface area contributed by atoms with E-state index in [0.717, 1.165) is 23.7 Å². The third-order valence-corrected chi connectivity index (χ3v) is 4.96. The van der Waals surface area contributed by atoms with Crippen LogP contribution in [0.1, 0.15) is 58.8 Å². The van der Waals surface area contributed by atoms with Gasteiger partial charge in [-0.05, 0) is 42.9 Å². The summed E-state index contributed by atoms with van der Waals surface area (Å²) >= 11 is 0. The SMILES string of the molecule is CCC1CCCCC1C(N)C(C)C1CC1. The van der Waals surface area contributed by atoms with Gasteiger partial charge in [-0.1, -0.05) is 39.5 Å². The van der Waals surface area contributed by atoms with E-state index in [2.05, 4.69) is 13.8 Å². The van der Waals surface area contributed by atoms with Gasteiger partial charge < -0.3 is 5.73 Å². The van der Waals surface area contributed by atoms with Gasteiger partial charge in [-0.3, -0.25) is 0 Å². The lowest BCUT2D eigenvalue weighted by atomic mass is 9.71. The Labute approximate surface area is 94.8 Å². The Balaban J connectivity index is 1.93. The van der Waals surface area contributed by atoms with Gasteiger partial charge in [0.05, 0.1) is 0 Å². The molecule has 2 saturated carbocycles. The predicted molar refractivity (Wildman–Crippen MR) is 65.6 cm³/mol. The maximum Gasteiger partial charge on any atom is 0.00982 e. The Bertz CT molecular complexity index is 198. The Hall–Kier alpha value is -0.0400. The van der Waals surface area contributed by atoms with Crippen molar-refractivity contribution < 1.29 is 0 Å². The van der Waals surface area contributed by atoms with Crippen LogP contribution in [-0.4, -0.2) is 6.04 Å². The molecule has 2 aliphatic carbocycles. The second kappa shape index (κ2) is 4.86. The van der Waals surface area contributed by atoms with Crippen molar-refractivity contribution in [3.63, 3.8) is 0 Å². The first-order valence-corrected chi connectivity index (χ1v) is 6.99. The highest BCUT2D eigenvalue weighted by atomic mass is 14.7. The maximum absolute atomic E-state index is 6.50. The van der Waals surface area contributed by atoms with E-state index >= 15 is 0 Å². The van der Waals surface area contributed by atoms with Gasteiger partial charge in [0.2, 0.25) is 0 Å². The lowest BCUT2D eigenvalue weighted by molar-refractivity contribution is 0.158. The molecule has 88 valence electrons. The quantitative estimate of drug-likeness (QED) is 0.752. The van der Waals surface area contributed by atoms with Gasteiger partial charge in [0.15, 0.2) is 0 Å². The summed E-state index contributed by atoms with van der Waals surface area (Å²) in [5.41, 5.74) is 6.50. The second-order valence-electron chi connectivity index (χ2n) is 5.89. The van der Waals surface area contributed by atoms with Crippen molar-refractivity contribution in [1.29, 1.82) is 0 Å². The Morgan fingerprint density at radius 2 is 1.80 bits per heavy atom. The summed E-state index contributed by atoms with van der Waals surface area (Å²) < 4.78 is 0. The molecule has 1 nitrogen and oxygen atoms in total. The van der Waals surface area contributed by atoms with Crippen molar-refractivity contribution in [2.75, 3.05) is 0 Å². The van der Waals surface area contributed by atoms with E-state index < -0.39 is 0 Å². The summed E-state index contributed by atoms with van der Waals surface area (Å²) in [4.78, 5) is 0. The lowest BCUT2D eigenvalue weighted by Gasteiger charge is -2.38. The topological polar surface area (TPSA) is 26.0 Å². The molecule has 2 aliphatic rings. The zero-order chi connectivity index (χ0) is 10.8. The van der Waals surface area contributed by atoms with Gasteiger partial charge in [-0.15, -0.1) is 0 Å². The van der Waals surface area contributed by atoms with Gasteiger partial charge in [0.25, 0.3) is 0 Å². The minimum atomic E-state index is 0.489. The molecule has 0 aliphatic heterocycles. The third kappa shape index (κ3) is 2.55. The monoisotopic (exact) mass is 209 g/mol. The van der Waals surface area contributed by atoms with E-state index in [9.17, 15) is 0 Å². The molecule has 0 aromatic rings. The highest BCUT2D eigenvalue weighted by Gasteiger charge is 2.37. The van der Waals surface area contributed by atoms with Crippen LogP contribution in [-0.2, 0) is 0 Å². The zero-order valence-electron chi connectivity index (χ0n) is 10.4. The van der Waals surface area contributed by atoms with Crippen molar-refractivity contribution in [1.82, 2.24) is 0 Å². The Morgan fingerprint density at radius 3 is 2.40 bits per heavy atom. The standard InChI is InChI=1S/C14H27N/c1-3-11-6-4-5-7-13(11)14(15)10(2)12-8-9-12/h10-14H,3-9,15H2,1-2H3. The van der Waals surface area contributed by atoms with Crippen LogP contribution in [0, 0.1) is 23.7 Å². The first-order chi connectivity index (χ1) is 7.24. The molecule has 15 heavy (non-hydrogen) atoms. The minimum Gasteiger partial charge on any atom is -0.327 e. The average molecular weight is 209 g/mol. The van der Waals surface area contributed by atoms with E-state index in [0.29, 0.717) is 6.04 Å². The molecule has 0 aromatic heterocycles. The molecule has 0 radical (unpaired) electrons. The van der Waals surface area contributed by atoms with E-state index in [1.165, 1.54) is 44.9 Å². The summed E-state index contributed by atoms with van der Waals surface area (Å²) in [5.74, 6) is 3.51. The minimum absolute atomic E-state index is 0.489. The van der Waals surface area contributed by atoms with E-state index in [-0.39, 0.29) is 0 Å². The largest absolute Gasteiger partial charge is 0.327 e. The van der Waals surface area contributed by atoms with E-state index in [1.807, 2.05) is 0 Å². The van der Waals surface area contributed by atoms with Crippen molar-refractivity contribution in [2.24, 2.45) is 29.4 Å². The molecule has 2 rings (SSSR count). The lowest BCUT2D eigenvalue weighted by Crippen LogP contribution is -2.42. The van der Waals surface area contributed by atoms with Crippen LogP contribution in [0.15, 0.2) is 0 Å². The van der Waals surface area contributed by atoms with Crippen LogP contribution < -0.4 is 5.73 Å². The predicted octanol–water partition coefficient (Wildman–Crippen LogP) is 3.58. The molecule has 4 atom stereocenters. The number of rotatable bonds is 4. The number of nitrogens with two attached hydrogens (primary N) is 1. The van der Waals surface area contributed by atoms with Crippen molar-refractivity contribution in [3.8, 4) is 0 Å². The van der Waals surface area contributed by atoms with E-state index in [4.69, 9.17) is 5.73 Å². The summed E-state index contributed by atoms with van der Waals surface area (Å²) in [6.07, 6.45) is 9.93. The summed E-state index contributed by atoms with van der Waals surface area (Å²) in [5, 5.41) is 0. The van der Waals surface area contributed by atoms with Crippen LogP contribution in [0.2, 0.25) is 0 Å². The van der Waals surface area contributed by atoms with Crippen molar-refractivity contribution in [2.45, 2.75) is 64.8 Å². The average Bonchev–Trinajstić information content (AvgIpc) is 3.11. The number of hydrogen-bond acceptors (Lipinski definition) is 1. The molecule has 0 amide bonds. The van der Waals surface area contributed by atoms with Crippen LogP contribution in [0.25, 0.3) is 0 Å². The molecule has 0 spiro atoms. The second-order valence-corrected chi connectivity index (χ2v) is 5.89. The van der Waals surface area contributed by atoms with Gasteiger partial charge in [0, 0.05) is 6.04 Å². The van der Waals surface area contributed by atoms with Crippen molar-refractivity contribution in [3.05, 3.63) is 0 Å². The molecule has 0 bridgehead atoms. The van der Waals surface area contributed by atoms with E-state index in [1.54, 1.807) is 0 Å². The van der Waals surface area contributed by atoms with Crippen LogP contribution in [0.3, 0.4) is 0 Å². The number of hydrogen-bond donors (Lipinski definition) is 1. The molecular weight excluding hydrogens is 182 g/mol. The Morgan fingerprint density at radius 1 is 1.13 bits per heavy atom. The molecular formula is C14H27N. The molecule has 0 aromatic carbocycles. The van der Waals surface area contributed by atoms with Gasteiger partial charge >= 0.3 is 0 Å². The fraction of sp³-hybridized carbons (Fsp3) is 1.00. The highest BCUT2D eigenvalue weighted by molar-refractivity contribution is 4.91. The summed E-state index contributed by atoms with van der Waals surface area (Å²) in [7, 11) is 0.